The van der Waals surface area contributed by atoms with Crippen LogP contribution in [0, 0.1) is 0 Å². The molecule has 2 rings (SSSR count). The third kappa shape index (κ3) is 2.95. The summed E-state index contributed by atoms with van der Waals surface area (Å²) in [6.45, 7) is 3.66. The van der Waals surface area contributed by atoms with E-state index in [1.165, 1.54) is 31.5 Å². The molecule has 1 aliphatic heterocycles. The van der Waals surface area contributed by atoms with Crippen molar-refractivity contribution in [2.24, 2.45) is 0 Å². The minimum Gasteiger partial charge on any atom is -0.299 e. The molecule has 0 radical (unpaired) electrons. The van der Waals surface area contributed by atoms with Crippen LogP contribution in [-0.4, -0.2) is 21.9 Å². The Morgan fingerprint density at radius 2 is 1.79 bits per heavy atom. The van der Waals surface area contributed by atoms with Crippen molar-refractivity contribution in [2.45, 2.75) is 23.3 Å². The van der Waals surface area contributed by atoms with Gasteiger partial charge in [0, 0.05) is 10.5 Å². The van der Waals surface area contributed by atoms with Gasteiger partial charge in [0.15, 0.2) is 0 Å². The predicted octanol–water partition coefficient (Wildman–Crippen LogP) is 3.09. The molecule has 0 N–H and O–H groups in total. The molecule has 1 nitrogen and oxygen atoms in total. The van der Waals surface area contributed by atoms with Gasteiger partial charge in [0.05, 0.1) is 0 Å². The first-order valence-electron chi connectivity index (χ1n) is 5.25. The fourth-order valence-corrected chi connectivity index (χ4v) is 2.46. The van der Waals surface area contributed by atoms with E-state index in [1.54, 1.807) is 0 Å². The summed E-state index contributed by atoms with van der Waals surface area (Å²) in [5.41, 5.74) is 1.44. The highest BCUT2D eigenvalue weighted by molar-refractivity contribution is 14.1. The van der Waals surface area contributed by atoms with E-state index < -0.39 is 0 Å². The lowest BCUT2D eigenvalue weighted by Gasteiger charge is -2.29. The molecule has 0 amide bonds. The predicted molar refractivity (Wildman–Crippen MR) is 68.8 cm³/mol. The molecule has 1 fully saturated rings. The number of hydrogen-bond acceptors (Lipinski definition) is 1. The molecule has 76 valence electrons. The van der Waals surface area contributed by atoms with Crippen molar-refractivity contribution < 1.29 is 0 Å². The van der Waals surface area contributed by atoms with Crippen LogP contribution in [-0.2, 0) is 6.54 Å². The molecule has 0 atom stereocenters. The van der Waals surface area contributed by atoms with Gasteiger partial charge in [-0.1, -0.05) is 52.9 Å². The fourth-order valence-electron chi connectivity index (χ4n) is 1.90. The Kier molecular flexibility index (Phi) is 3.81. The van der Waals surface area contributed by atoms with Gasteiger partial charge in [-0.25, -0.2) is 0 Å². The number of nitrogens with zero attached hydrogens (tertiary/aromatic N) is 1. The van der Waals surface area contributed by atoms with Crippen molar-refractivity contribution >= 4 is 22.6 Å². The van der Waals surface area contributed by atoms with Crippen molar-refractivity contribution in [1.82, 2.24) is 4.90 Å². The lowest BCUT2D eigenvalue weighted by Crippen LogP contribution is -2.33. The summed E-state index contributed by atoms with van der Waals surface area (Å²) in [5.74, 6) is 0. The number of rotatable bonds is 2. The van der Waals surface area contributed by atoms with Crippen LogP contribution in [0.1, 0.15) is 18.4 Å². The average molecular weight is 301 g/mol. The van der Waals surface area contributed by atoms with Crippen molar-refractivity contribution in [3.8, 4) is 0 Å². The Bertz CT molecular complexity index is 265. The third-order valence-electron chi connectivity index (χ3n) is 2.77. The molecular formula is C12H16IN. The Morgan fingerprint density at radius 1 is 1.14 bits per heavy atom. The maximum Gasteiger partial charge on any atom is 0.0233 e. The topological polar surface area (TPSA) is 3.24 Å². The van der Waals surface area contributed by atoms with Gasteiger partial charge in [-0.15, -0.1) is 0 Å². The zero-order valence-electron chi connectivity index (χ0n) is 8.32. The zero-order valence-corrected chi connectivity index (χ0v) is 10.5. The molecule has 0 unspecified atom stereocenters. The normalized spacial score (nSPS) is 19.8. The molecule has 1 aliphatic rings. The van der Waals surface area contributed by atoms with E-state index in [0.717, 1.165) is 10.5 Å². The van der Waals surface area contributed by atoms with Gasteiger partial charge in [-0.3, -0.25) is 4.90 Å². The Labute approximate surface area is 99.6 Å². The van der Waals surface area contributed by atoms with E-state index in [-0.39, 0.29) is 0 Å². The fraction of sp³-hybridized carbons (Fsp3) is 0.500. The first-order chi connectivity index (χ1) is 6.84. The molecule has 0 saturated carbocycles. The molecule has 1 heterocycles. The number of halogens is 1. The van der Waals surface area contributed by atoms with E-state index in [4.69, 9.17) is 0 Å². The number of alkyl halides is 1. The lowest BCUT2D eigenvalue weighted by molar-refractivity contribution is 0.228. The highest BCUT2D eigenvalue weighted by Gasteiger charge is 2.16. The summed E-state index contributed by atoms with van der Waals surface area (Å²) in [6, 6.07) is 10.8. The van der Waals surface area contributed by atoms with Crippen LogP contribution >= 0.6 is 22.6 Å². The van der Waals surface area contributed by atoms with E-state index in [2.05, 4.69) is 57.8 Å². The number of benzene rings is 1. The molecule has 1 aromatic rings. The summed E-state index contributed by atoms with van der Waals surface area (Å²) in [4.78, 5) is 2.56. The van der Waals surface area contributed by atoms with Crippen molar-refractivity contribution in [2.75, 3.05) is 13.1 Å². The average Bonchev–Trinajstić information content (AvgIpc) is 2.23. The van der Waals surface area contributed by atoms with E-state index in [9.17, 15) is 0 Å². The van der Waals surface area contributed by atoms with E-state index in [0.29, 0.717) is 0 Å². The molecular weight excluding hydrogens is 285 g/mol. The van der Waals surface area contributed by atoms with Gasteiger partial charge >= 0.3 is 0 Å². The first kappa shape index (κ1) is 10.4. The van der Waals surface area contributed by atoms with Gasteiger partial charge in [0.1, 0.15) is 0 Å². The number of hydrogen-bond donors (Lipinski definition) is 0. The summed E-state index contributed by atoms with van der Waals surface area (Å²) >= 11 is 2.57. The second kappa shape index (κ2) is 5.12. The summed E-state index contributed by atoms with van der Waals surface area (Å²) in [5, 5.41) is 0. The van der Waals surface area contributed by atoms with Gasteiger partial charge in [-0.05, 0) is 31.5 Å². The monoisotopic (exact) mass is 301 g/mol. The molecule has 1 aromatic carbocycles. The largest absolute Gasteiger partial charge is 0.299 e. The summed E-state index contributed by atoms with van der Waals surface area (Å²) in [6.07, 6.45) is 2.71. The van der Waals surface area contributed by atoms with Gasteiger partial charge in [-0.2, -0.15) is 0 Å². The highest BCUT2D eigenvalue weighted by Crippen LogP contribution is 2.19. The standard InChI is InChI=1S/C12H16IN/c13-12-6-8-14(9-7-12)10-11-4-2-1-3-5-11/h1-5,12H,6-10H2. The Hall–Kier alpha value is -0.0900. The maximum atomic E-state index is 2.57. The van der Waals surface area contributed by atoms with E-state index in [1.807, 2.05) is 0 Å². The van der Waals surface area contributed by atoms with Crippen LogP contribution < -0.4 is 0 Å². The van der Waals surface area contributed by atoms with Crippen LogP contribution in [0.15, 0.2) is 30.3 Å². The Balaban J connectivity index is 1.87. The zero-order chi connectivity index (χ0) is 9.80. The van der Waals surface area contributed by atoms with Crippen molar-refractivity contribution in [1.29, 1.82) is 0 Å². The molecule has 0 aromatic heterocycles. The van der Waals surface area contributed by atoms with Crippen molar-refractivity contribution in [3.63, 3.8) is 0 Å². The minimum atomic E-state index is 0.902. The number of likely N-dealkylation sites (tertiary alicyclic amines) is 1. The summed E-state index contributed by atoms with van der Waals surface area (Å²) in [7, 11) is 0. The molecule has 2 heteroatoms. The van der Waals surface area contributed by atoms with Crippen LogP contribution in [0.4, 0.5) is 0 Å². The maximum absolute atomic E-state index is 2.57. The quantitative estimate of drug-likeness (QED) is 0.599. The van der Waals surface area contributed by atoms with E-state index >= 15 is 0 Å². The molecule has 1 saturated heterocycles. The highest BCUT2D eigenvalue weighted by atomic mass is 127. The molecule has 0 aliphatic carbocycles. The first-order valence-corrected chi connectivity index (χ1v) is 6.49. The van der Waals surface area contributed by atoms with Crippen molar-refractivity contribution in [3.05, 3.63) is 35.9 Å². The van der Waals surface area contributed by atoms with Gasteiger partial charge in [0.25, 0.3) is 0 Å². The number of piperidine rings is 1. The van der Waals surface area contributed by atoms with Crippen LogP contribution in [0.2, 0.25) is 0 Å². The van der Waals surface area contributed by atoms with Gasteiger partial charge in [0.2, 0.25) is 0 Å². The smallest absolute Gasteiger partial charge is 0.0233 e. The van der Waals surface area contributed by atoms with Crippen LogP contribution in [0.5, 0.6) is 0 Å². The lowest BCUT2D eigenvalue weighted by atomic mass is 10.1. The third-order valence-corrected chi connectivity index (χ3v) is 4.01. The molecule has 14 heavy (non-hydrogen) atoms. The molecule has 0 spiro atoms. The van der Waals surface area contributed by atoms with Crippen LogP contribution in [0.25, 0.3) is 0 Å². The van der Waals surface area contributed by atoms with Crippen LogP contribution in [0.3, 0.4) is 0 Å². The Morgan fingerprint density at radius 3 is 2.43 bits per heavy atom. The minimum absolute atomic E-state index is 0.902. The SMILES string of the molecule is IC1CCN(Cc2ccccc2)CC1. The molecule has 0 bridgehead atoms. The van der Waals surface area contributed by atoms with Gasteiger partial charge < -0.3 is 0 Å². The second-order valence-electron chi connectivity index (χ2n) is 3.94. The summed E-state index contributed by atoms with van der Waals surface area (Å²) < 4.78 is 0.902. The second-order valence-corrected chi connectivity index (χ2v) is 5.70.